The summed E-state index contributed by atoms with van der Waals surface area (Å²) in [4.78, 5) is 24.4. The Morgan fingerprint density at radius 3 is 2.42 bits per heavy atom. The predicted molar refractivity (Wildman–Crippen MR) is 138 cm³/mol. The topological polar surface area (TPSA) is 110 Å². The predicted octanol–water partition coefficient (Wildman–Crippen LogP) is 4.70. The lowest BCUT2D eigenvalue weighted by atomic mass is 9.97. The summed E-state index contributed by atoms with van der Waals surface area (Å²) in [7, 11) is -3.86. The molecule has 1 amide bonds. The number of ketones is 1. The Labute approximate surface area is 211 Å². The van der Waals surface area contributed by atoms with Crippen molar-refractivity contribution in [3.05, 3.63) is 76.7 Å². The average Bonchev–Trinajstić information content (AvgIpc) is 3.25. The number of aryl methyl sites for hydroxylation is 2. The molecule has 1 aliphatic rings. The van der Waals surface area contributed by atoms with Crippen molar-refractivity contribution in [2.75, 3.05) is 18.4 Å². The van der Waals surface area contributed by atoms with E-state index >= 15 is 0 Å². The van der Waals surface area contributed by atoms with E-state index < -0.39 is 10.0 Å². The standard InChI is InChI=1S/C27H29N3O5S/c1-18-7-9-21(10-8-18)11-12-25-26(19(2)29-35-25)36(33,34)30-15-13-22(14-16-30)27(32)28-24-6-4-5-23(17-24)20(3)31/h4-12,17,22H,13-16H2,1-3H3,(H,28,32). The van der Waals surface area contributed by atoms with Crippen LogP contribution in [0.1, 0.15) is 52.7 Å². The number of hydrogen-bond donors (Lipinski definition) is 1. The second kappa shape index (κ2) is 10.6. The summed E-state index contributed by atoms with van der Waals surface area (Å²) in [5.74, 6) is -0.419. The van der Waals surface area contributed by atoms with Gasteiger partial charge < -0.3 is 9.84 Å². The number of piperidine rings is 1. The molecule has 3 aromatic rings. The molecule has 4 rings (SSSR count). The number of carbonyl (C=O) groups excluding carboxylic acids is 2. The highest BCUT2D eigenvalue weighted by Gasteiger charge is 2.36. The summed E-state index contributed by atoms with van der Waals surface area (Å²) in [6.45, 7) is 5.49. The van der Waals surface area contributed by atoms with Crippen LogP contribution < -0.4 is 5.32 Å². The normalized spacial score (nSPS) is 15.3. The van der Waals surface area contributed by atoms with Gasteiger partial charge in [-0.15, -0.1) is 0 Å². The van der Waals surface area contributed by atoms with E-state index in [2.05, 4.69) is 10.5 Å². The number of carbonyl (C=O) groups is 2. The Morgan fingerprint density at radius 1 is 1.06 bits per heavy atom. The molecule has 9 heteroatoms. The molecule has 1 aromatic heterocycles. The number of nitrogens with zero attached hydrogens (tertiary/aromatic N) is 2. The van der Waals surface area contributed by atoms with Crippen LogP contribution in [0.15, 0.2) is 57.9 Å². The lowest BCUT2D eigenvalue weighted by Gasteiger charge is -2.30. The van der Waals surface area contributed by atoms with Gasteiger partial charge in [0.1, 0.15) is 5.69 Å². The number of hydrogen-bond acceptors (Lipinski definition) is 6. The second-order valence-corrected chi connectivity index (χ2v) is 10.9. The lowest BCUT2D eigenvalue weighted by Crippen LogP contribution is -2.41. The molecule has 0 radical (unpaired) electrons. The Morgan fingerprint density at radius 2 is 1.75 bits per heavy atom. The molecule has 2 aromatic carbocycles. The van der Waals surface area contributed by atoms with Crippen LogP contribution in [-0.4, -0.2) is 42.7 Å². The minimum atomic E-state index is -3.86. The molecule has 188 valence electrons. The maximum Gasteiger partial charge on any atom is 0.248 e. The maximum atomic E-state index is 13.5. The number of Topliss-reactive ketones (excluding diaryl/α,β-unsaturated/α-hetero) is 1. The molecule has 0 atom stereocenters. The minimum absolute atomic E-state index is 0.0508. The van der Waals surface area contributed by atoms with E-state index in [9.17, 15) is 18.0 Å². The number of benzene rings is 2. The molecule has 0 aliphatic carbocycles. The highest BCUT2D eigenvalue weighted by atomic mass is 32.2. The van der Waals surface area contributed by atoms with Crippen LogP contribution in [-0.2, 0) is 14.8 Å². The van der Waals surface area contributed by atoms with Gasteiger partial charge in [0.15, 0.2) is 16.4 Å². The molecule has 0 bridgehead atoms. The number of amides is 1. The first kappa shape index (κ1) is 25.5. The molecular formula is C27H29N3O5S. The zero-order valence-corrected chi connectivity index (χ0v) is 21.3. The highest BCUT2D eigenvalue weighted by molar-refractivity contribution is 7.89. The zero-order valence-electron chi connectivity index (χ0n) is 20.5. The molecular weight excluding hydrogens is 478 g/mol. The van der Waals surface area contributed by atoms with Crippen molar-refractivity contribution in [3.8, 4) is 0 Å². The largest absolute Gasteiger partial charge is 0.355 e. The second-order valence-electron chi connectivity index (χ2n) is 9.01. The Bertz CT molecular complexity index is 1400. The quantitative estimate of drug-likeness (QED) is 0.464. The van der Waals surface area contributed by atoms with Crippen LogP contribution in [0.4, 0.5) is 5.69 Å². The molecule has 0 spiro atoms. The number of sulfonamides is 1. The number of nitrogens with one attached hydrogen (secondary N) is 1. The molecule has 0 unspecified atom stereocenters. The van der Waals surface area contributed by atoms with Crippen molar-refractivity contribution in [2.24, 2.45) is 5.92 Å². The fraction of sp³-hybridized carbons (Fsp3) is 0.296. The Hall–Kier alpha value is -3.56. The van der Waals surface area contributed by atoms with Crippen molar-refractivity contribution in [2.45, 2.75) is 38.5 Å². The van der Waals surface area contributed by atoms with Gasteiger partial charge in [0.05, 0.1) is 0 Å². The van der Waals surface area contributed by atoms with E-state index in [0.29, 0.717) is 29.8 Å². The summed E-state index contributed by atoms with van der Waals surface area (Å²) < 4.78 is 33.7. The Balaban J connectivity index is 1.43. The van der Waals surface area contributed by atoms with Crippen molar-refractivity contribution in [3.63, 3.8) is 0 Å². The van der Waals surface area contributed by atoms with E-state index in [4.69, 9.17) is 4.52 Å². The third kappa shape index (κ3) is 5.63. The van der Waals surface area contributed by atoms with Crippen molar-refractivity contribution >= 4 is 39.6 Å². The minimum Gasteiger partial charge on any atom is -0.355 e. The van der Waals surface area contributed by atoms with Gasteiger partial charge in [-0.05, 0) is 57.4 Å². The van der Waals surface area contributed by atoms with Gasteiger partial charge >= 0.3 is 0 Å². The van der Waals surface area contributed by atoms with Crippen molar-refractivity contribution < 1.29 is 22.5 Å². The first-order valence-corrected chi connectivity index (χ1v) is 13.2. The summed E-state index contributed by atoms with van der Waals surface area (Å²) in [5.41, 5.74) is 3.41. The molecule has 0 saturated carbocycles. The Kier molecular flexibility index (Phi) is 7.51. The summed E-state index contributed by atoms with van der Waals surface area (Å²) >= 11 is 0. The molecule has 1 aliphatic heterocycles. The lowest BCUT2D eigenvalue weighted by molar-refractivity contribution is -0.120. The van der Waals surface area contributed by atoms with Crippen LogP contribution in [0.25, 0.3) is 12.2 Å². The van der Waals surface area contributed by atoms with Gasteiger partial charge in [0, 0.05) is 30.3 Å². The maximum absolute atomic E-state index is 13.5. The van der Waals surface area contributed by atoms with Crippen LogP contribution in [0.2, 0.25) is 0 Å². The van der Waals surface area contributed by atoms with Gasteiger partial charge in [0.2, 0.25) is 15.9 Å². The third-order valence-corrected chi connectivity index (χ3v) is 8.35. The molecule has 36 heavy (non-hydrogen) atoms. The van der Waals surface area contributed by atoms with E-state index in [1.807, 2.05) is 31.2 Å². The number of rotatable bonds is 7. The zero-order chi connectivity index (χ0) is 25.9. The van der Waals surface area contributed by atoms with E-state index in [1.54, 1.807) is 43.3 Å². The van der Waals surface area contributed by atoms with Crippen molar-refractivity contribution in [1.82, 2.24) is 9.46 Å². The third-order valence-electron chi connectivity index (χ3n) is 6.30. The van der Waals surface area contributed by atoms with Gasteiger partial charge in [-0.25, -0.2) is 8.42 Å². The molecule has 1 N–H and O–H groups in total. The highest BCUT2D eigenvalue weighted by Crippen LogP contribution is 2.29. The monoisotopic (exact) mass is 507 g/mol. The van der Waals surface area contributed by atoms with Gasteiger partial charge in [-0.3, -0.25) is 9.59 Å². The first-order valence-electron chi connectivity index (χ1n) is 11.8. The number of aromatic nitrogens is 1. The smallest absolute Gasteiger partial charge is 0.248 e. The van der Waals surface area contributed by atoms with Gasteiger partial charge in [0.25, 0.3) is 0 Å². The molecule has 2 heterocycles. The molecule has 8 nitrogen and oxygen atoms in total. The summed E-state index contributed by atoms with van der Waals surface area (Å²) in [6.07, 6.45) is 4.18. The van der Waals surface area contributed by atoms with Crippen LogP contribution in [0, 0.1) is 19.8 Å². The SMILES string of the molecule is CC(=O)c1cccc(NC(=O)C2CCN(S(=O)(=O)c3c(C)noc3C=Cc3ccc(C)cc3)CC2)c1. The molecule has 1 saturated heterocycles. The average molecular weight is 508 g/mol. The van der Waals surface area contributed by atoms with E-state index in [0.717, 1.165) is 11.1 Å². The summed E-state index contributed by atoms with van der Waals surface area (Å²) in [5, 5.41) is 6.74. The van der Waals surface area contributed by atoms with Crippen LogP contribution >= 0.6 is 0 Å². The first-order chi connectivity index (χ1) is 17.1. The van der Waals surface area contributed by atoms with E-state index in [-0.39, 0.29) is 41.4 Å². The van der Waals surface area contributed by atoms with E-state index in [1.165, 1.54) is 11.2 Å². The van der Waals surface area contributed by atoms with Gasteiger partial charge in [-0.1, -0.05) is 53.2 Å². The van der Waals surface area contributed by atoms with Crippen molar-refractivity contribution in [1.29, 1.82) is 0 Å². The van der Waals surface area contributed by atoms with Crippen LogP contribution in [0.3, 0.4) is 0 Å². The fourth-order valence-electron chi connectivity index (χ4n) is 4.20. The molecule has 1 fully saturated rings. The van der Waals surface area contributed by atoms with Crippen LogP contribution in [0.5, 0.6) is 0 Å². The summed E-state index contributed by atoms with van der Waals surface area (Å²) in [6, 6.07) is 14.6. The van der Waals surface area contributed by atoms with Gasteiger partial charge in [-0.2, -0.15) is 4.31 Å². The number of anilines is 1. The fourth-order valence-corrected chi connectivity index (χ4v) is 5.92.